The zero-order valence-electron chi connectivity index (χ0n) is 11.1. The number of rotatable bonds is 2. The maximum Gasteiger partial charge on any atom is 0.247 e. The molecule has 0 unspecified atom stereocenters. The van der Waals surface area contributed by atoms with Gasteiger partial charge in [0, 0.05) is 20.5 Å². The number of imide groups is 1. The van der Waals surface area contributed by atoms with Crippen LogP contribution in [0.15, 0.2) is 29.3 Å². The Kier molecular flexibility index (Phi) is 4.39. The molecule has 1 aliphatic rings. The second-order valence-electron chi connectivity index (χ2n) is 4.11. The van der Waals surface area contributed by atoms with Crippen LogP contribution in [0.1, 0.15) is 6.42 Å². The quantitative estimate of drug-likeness (QED) is 0.509. The zero-order valence-corrected chi connectivity index (χ0v) is 11.9. The van der Waals surface area contributed by atoms with Gasteiger partial charge in [-0.05, 0) is 12.1 Å². The third kappa shape index (κ3) is 2.67. The van der Waals surface area contributed by atoms with Crippen LogP contribution in [0.5, 0.6) is 0 Å². The second-order valence-corrected chi connectivity index (χ2v) is 5.30. The Labute approximate surface area is 120 Å². The fourth-order valence-corrected chi connectivity index (χ4v) is 2.87. The number of nitrogens with zero attached hydrogens (tertiary/aromatic N) is 2. The van der Waals surface area contributed by atoms with E-state index in [4.69, 9.17) is 0 Å². The molecule has 2 rings (SSSR count). The summed E-state index contributed by atoms with van der Waals surface area (Å²) in [6, 6.07) is 5.75. The van der Waals surface area contributed by atoms with Crippen molar-refractivity contribution in [3.63, 3.8) is 0 Å². The number of hydrogen-bond donors (Lipinski definition) is 1. The molecular formula is C13H14FN3O2S. The fourth-order valence-electron chi connectivity index (χ4n) is 1.94. The molecule has 1 saturated heterocycles. The Morgan fingerprint density at radius 2 is 2.15 bits per heavy atom. The number of para-hydroxylation sites is 1. The highest BCUT2D eigenvalue weighted by Gasteiger charge is 2.41. The van der Waals surface area contributed by atoms with E-state index in [1.807, 2.05) is 0 Å². The molecule has 106 valence electrons. The highest BCUT2D eigenvalue weighted by atomic mass is 32.2. The number of aliphatic imine (C=N–C) groups is 1. The van der Waals surface area contributed by atoms with E-state index in [2.05, 4.69) is 10.3 Å². The Morgan fingerprint density at radius 1 is 1.45 bits per heavy atom. The van der Waals surface area contributed by atoms with E-state index in [0.29, 0.717) is 5.17 Å². The number of amidine groups is 1. The van der Waals surface area contributed by atoms with Gasteiger partial charge in [-0.15, -0.1) is 0 Å². The molecule has 0 spiro atoms. The molecule has 1 aromatic carbocycles. The van der Waals surface area contributed by atoms with Crippen LogP contribution in [0.25, 0.3) is 0 Å². The topological polar surface area (TPSA) is 61.8 Å². The van der Waals surface area contributed by atoms with Crippen LogP contribution in [0.4, 0.5) is 10.1 Å². The van der Waals surface area contributed by atoms with Gasteiger partial charge in [0.25, 0.3) is 0 Å². The Morgan fingerprint density at radius 3 is 2.75 bits per heavy atom. The van der Waals surface area contributed by atoms with Gasteiger partial charge in [-0.25, -0.2) is 9.29 Å². The highest BCUT2D eigenvalue weighted by molar-refractivity contribution is 8.15. The van der Waals surface area contributed by atoms with E-state index in [9.17, 15) is 14.0 Å². The highest BCUT2D eigenvalue weighted by Crippen LogP contribution is 2.31. The van der Waals surface area contributed by atoms with Crippen LogP contribution in [0.2, 0.25) is 0 Å². The number of anilines is 1. The maximum atomic E-state index is 13.7. The van der Waals surface area contributed by atoms with Crippen LogP contribution in [-0.2, 0) is 9.59 Å². The summed E-state index contributed by atoms with van der Waals surface area (Å²) in [5.74, 6) is -1.40. The maximum absolute atomic E-state index is 13.7. The number of nitrogens with one attached hydrogen (secondary N) is 1. The first-order valence-electron chi connectivity index (χ1n) is 6.01. The van der Waals surface area contributed by atoms with Gasteiger partial charge in [-0.1, -0.05) is 23.9 Å². The van der Waals surface area contributed by atoms with Crippen molar-refractivity contribution in [1.82, 2.24) is 5.32 Å². The lowest BCUT2D eigenvalue weighted by molar-refractivity contribution is -0.121. The normalized spacial score (nSPS) is 19.6. The first kappa shape index (κ1) is 14.5. The van der Waals surface area contributed by atoms with Crippen molar-refractivity contribution >= 4 is 34.4 Å². The molecule has 1 fully saturated rings. The van der Waals surface area contributed by atoms with Crippen LogP contribution >= 0.6 is 11.8 Å². The molecule has 0 aromatic heterocycles. The minimum Gasteiger partial charge on any atom is -0.368 e. The van der Waals surface area contributed by atoms with Crippen molar-refractivity contribution in [3.05, 3.63) is 30.1 Å². The molecular weight excluding hydrogens is 281 g/mol. The van der Waals surface area contributed by atoms with Gasteiger partial charge in [0.05, 0.1) is 5.69 Å². The van der Waals surface area contributed by atoms with E-state index in [1.54, 1.807) is 20.2 Å². The minimum absolute atomic E-state index is 0.00467. The van der Waals surface area contributed by atoms with E-state index >= 15 is 0 Å². The number of halogens is 1. The molecule has 7 heteroatoms. The van der Waals surface area contributed by atoms with Crippen molar-refractivity contribution in [2.24, 2.45) is 4.99 Å². The summed E-state index contributed by atoms with van der Waals surface area (Å²) < 4.78 is 13.7. The average Bonchev–Trinajstić information content (AvgIpc) is 2.72. The zero-order chi connectivity index (χ0) is 14.7. The summed E-state index contributed by atoms with van der Waals surface area (Å²) in [6.45, 7) is 0. The van der Waals surface area contributed by atoms with Crippen molar-refractivity contribution < 1.29 is 14.0 Å². The first-order chi connectivity index (χ1) is 9.58. The lowest BCUT2D eigenvalue weighted by atomic mass is 10.3. The smallest absolute Gasteiger partial charge is 0.247 e. The Bertz CT molecular complexity index is 576. The van der Waals surface area contributed by atoms with Gasteiger partial charge in [0.2, 0.25) is 11.8 Å². The molecule has 5 nitrogen and oxygen atoms in total. The van der Waals surface area contributed by atoms with E-state index in [0.717, 1.165) is 4.90 Å². The number of carbonyl (C=O) groups is 2. The van der Waals surface area contributed by atoms with Crippen LogP contribution in [0.3, 0.4) is 0 Å². The third-order valence-electron chi connectivity index (χ3n) is 2.87. The van der Waals surface area contributed by atoms with Crippen LogP contribution < -0.4 is 10.2 Å². The van der Waals surface area contributed by atoms with Crippen LogP contribution in [-0.4, -0.2) is 36.3 Å². The summed E-state index contributed by atoms with van der Waals surface area (Å²) in [4.78, 5) is 29.1. The molecule has 1 heterocycles. The number of amides is 2. The van der Waals surface area contributed by atoms with Crippen molar-refractivity contribution in [2.45, 2.75) is 11.7 Å². The van der Waals surface area contributed by atoms with Gasteiger partial charge in [0.15, 0.2) is 5.17 Å². The van der Waals surface area contributed by atoms with Gasteiger partial charge in [0.1, 0.15) is 11.1 Å². The first-order valence-corrected chi connectivity index (χ1v) is 6.89. The Hall–Kier alpha value is -1.89. The van der Waals surface area contributed by atoms with E-state index < -0.39 is 22.9 Å². The second kappa shape index (κ2) is 6.04. The molecule has 0 saturated carbocycles. The molecule has 2 amide bonds. The SMILES string of the molecule is CN=C(NC)S[C@H]1CC(=O)N(c2ccccc2F)C1=O. The summed E-state index contributed by atoms with van der Waals surface area (Å²) in [7, 11) is 3.28. The summed E-state index contributed by atoms with van der Waals surface area (Å²) in [6.07, 6.45) is 0.0402. The summed E-state index contributed by atoms with van der Waals surface area (Å²) in [5.41, 5.74) is 0.00467. The van der Waals surface area contributed by atoms with Gasteiger partial charge < -0.3 is 5.32 Å². The van der Waals surface area contributed by atoms with Crippen molar-refractivity contribution in [1.29, 1.82) is 0 Å². The lowest BCUT2D eigenvalue weighted by Gasteiger charge is -2.15. The molecule has 20 heavy (non-hydrogen) atoms. The Balaban J connectivity index is 2.24. The van der Waals surface area contributed by atoms with E-state index in [-0.39, 0.29) is 12.1 Å². The lowest BCUT2D eigenvalue weighted by Crippen LogP contribution is -2.32. The fraction of sp³-hybridized carbons (Fsp3) is 0.308. The molecule has 0 aliphatic carbocycles. The van der Waals surface area contributed by atoms with Gasteiger partial charge in [-0.3, -0.25) is 14.6 Å². The molecule has 1 N–H and O–H groups in total. The number of carbonyl (C=O) groups excluding carboxylic acids is 2. The largest absolute Gasteiger partial charge is 0.368 e. The standard InChI is InChI=1S/C13H14FN3O2S/c1-15-13(16-2)20-10-7-11(18)17(12(10)19)9-6-4-3-5-8(9)14/h3-6,10H,7H2,1-2H3,(H,15,16)/t10-/m0/s1. The third-order valence-corrected chi connectivity index (χ3v) is 4.13. The average molecular weight is 295 g/mol. The molecule has 1 atom stereocenters. The number of benzene rings is 1. The molecule has 1 aliphatic heterocycles. The molecule has 1 aromatic rings. The predicted octanol–water partition coefficient (Wildman–Crippen LogP) is 1.40. The molecule has 0 radical (unpaired) electrons. The number of hydrogen-bond acceptors (Lipinski definition) is 4. The predicted molar refractivity (Wildman–Crippen MR) is 77.3 cm³/mol. The summed E-state index contributed by atoms with van der Waals surface area (Å²) in [5, 5.41) is 2.82. The van der Waals surface area contributed by atoms with E-state index in [1.165, 1.54) is 30.0 Å². The van der Waals surface area contributed by atoms with Crippen molar-refractivity contribution in [2.75, 3.05) is 19.0 Å². The van der Waals surface area contributed by atoms with Gasteiger partial charge in [-0.2, -0.15) is 0 Å². The van der Waals surface area contributed by atoms with Crippen LogP contribution in [0, 0.1) is 5.82 Å². The van der Waals surface area contributed by atoms with Gasteiger partial charge >= 0.3 is 0 Å². The monoisotopic (exact) mass is 295 g/mol. The summed E-state index contributed by atoms with van der Waals surface area (Å²) >= 11 is 1.17. The minimum atomic E-state index is -0.585. The number of thioether (sulfide) groups is 1. The molecule has 0 bridgehead atoms. The van der Waals surface area contributed by atoms with Crippen molar-refractivity contribution in [3.8, 4) is 0 Å².